The zero-order valence-electron chi connectivity index (χ0n) is 14.9. The topological polar surface area (TPSA) is 55.6 Å². The summed E-state index contributed by atoms with van der Waals surface area (Å²) in [5.74, 6) is 0.728. The van der Waals surface area contributed by atoms with Gasteiger partial charge in [0.1, 0.15) is 11.4 Å². The fourth-order valence-electron chi connectivity index (χ4n) is 2.93. The summed E-state index contributed by atoms with van der Waals surface area (Å²) in [6.07, 6.45) is 2.66. The number of amides is 1. The van der Waals surface area contributed by atoms with Gasteiger partial charge in [-0.1, -0.05) is 42.5 Å². The van der Waals surface area contributed by atoms with Crippen LogP contribution in [0.5, 0.6) is 5.75 Å². The number of hydrogen-bond acceptors (Lipinski definition) is 4. The molecule has 2 aromatic heterocycles. The molecule has 0 spiro atoms. The molecule has 0 bridgehead atoms. The summed E-state index contributed by atoms with van der Waals surface area (Å²) in [5.41, 5.74) is 3.64. The number of aromatic nitrogens is 2. The third kappa shape index (κ3) is 3.71. The molecule has 4 rings (SSSR count). The summed E-state index contributed by atoms with van der Waals surface area (Å²) < 4.78 is 7.09. The molecular formula is C21H19N3O2S. The number of methoxy groups -OCH3 is 1. The molecule has 2 aromatic carbocycles. The zero-order chi connectivity index (χ0) is 18.6. The molecule has 0 saturated carbocycles. The van der Waals surface area contributed by atoms with Gasteiger partial charge in [-0.05, 0) is 24.1 Å². The highest BCUT2D eigenvalue weighted by atomic mass is 32.1. The van der Waals surface area contributed by atoms with Crippen LogP contribution in [0.15, 0.2) is 66.2 Å². The molecule has 6 heteroatoms. The Morgan fingerprint density at radius 1 is 1.19 bits per heavy atom. The van der Waals surface area contributed by atoms with E-state index >= 15 is 0 Å². The van der Waals surface area contributed by atoms with Crippen LogP contribution in [-0.2, 0) is 6.42 Å². The number of hydrogen-bond donors (Lipinski definition) is 1. The summed E-state index contributed by atoms with van der Waals surface area (Å²) in [5, 5.41) is 4.84. The van der Waals surface area contributed by atoms with Crippen molar-refractivity contribution >= 4 is 22.2 Å². The lowest BCUT2D eigenvalue weighted by molar-refractivity contribution is 0.0948. The number of imidazole rings is 1. The molecule has 136 valence electrons. The van der Waals surface area contributed by atoms with Crippen molar-refractivity contribution in [2.24, 2.45) is 0 Å². The summed E-state index contributed by atoms with van der Waals surface area (Å²) in [4.78, 5) is 18.0. The van der Waals surface area contributed by atoms with Gasteiger partial charge in [0, 0.05) is 23.7 Å². The molecule has 1 amide bonds. The number of thiazole rings is 1. The molecule has 0 saturated heterocycles. The number of carbonyl (C=O) groups excluding carboxylic acids is 1. The first kappa shape index (κ1) is 17.3. The van der Waals surface area contributed by atoms with Crippen molar-refractivity contribution in [2.45, 2.75) is 6.42 Å². The van der Waals surface area contributed by atoms with E-state index in [0.717, 1.165) is 34.0 Å². The first-order valence-corrected chi connectivity index (χ1v) is 9.56. The smallest absolute Gasteiger partial charge is 0.269 e. The fraction of sp³-hybridized carbons (Fsp3) is 0.143. The van der Waals surface area contributed by atoms with Crippen LogP contribution in [0.3, 0.4) is 0 Å². The molecule has 2 heterocycles. The van der Waals surface area contributed by atoms with Crippen LogP contribution in [0.25, 0.3) is 16.2 Å². The van der Waals surface area contributed by atoms with E-state index in [9.17, 15) is 4.79 Å². The van der Waals surface area contributed by atoms with Crippen LogP contribution in [0.4, 0.5) is 0 Å². The maximum atomic E-state index is 12.6. The molecular weight excluding hydrogens is 358 g/mol. The number of rotatable bonds is 6. The molecule has 1 N–H and O–H groups in total. The average Bonchev–Trinajstić information content (AvgIpc) is 3.29. The maximum absolute atomic E-state index is 12.6. The average molecular weight is 377 g/mol. The SMILES string of the molecule is COc1cccc(CCNC(=O)c2csc3nc(-c4ccccc4)cn23)c1. The van der Waals surface area contributed by atoms with Gasteiger partial charge in [0.15, 0.2) is 4.96 Å². The molecule has 0 unspecified atom stereocenters. The number of nitrogens with zero attached hydrogens (tertiary/aromatic N) is 2. The largest absolute Gasteiger partial charge is 0.497 e. The second-order valence-electron chi connectivity index (χ2n) is 6.12. The van der Waals surface area contributed by atoms with Gasteiger partial charge < -0.3 is 10.1 Å². The van der Waals surface area contributed by atoms with Crippen molar-refractivity contribution in [3.8, 4) is 17.0 Å². The van der Waals surface area contributed by atoms with Crippen molar-refractivity contribution in [1.29, 1.82) is 0 Å². The Morgan fingerprint density at radius 2 is 2.04 bits per heavy atom. The van der Waals surface area contributed by atoms with Crippen LogP contribution in [-0.4, -0.2) is 28.9 Å². The Balaban J connectivity index is 1.45. The summed E-state index contributed by atoms with van der Waals surface area (Å²) in [6, 6.07) is 17.8. The Bertz CT molecular complexity index is 1070. The lowest BCUT2D eigenvalue weighted by Gasteiger charge is -2.06. The summed E-state index contributed by atoms with van der Waals surface area (Å²) in [6.45, 7) is 0.559. The highest BCUT2D eigenvalue weighted by molar-refractivity contribution is 7.15. The summed E-state index contributed by atoms with van der Waals surface area (Å²) >= 11 is 1.47. The first-order valence-electron chi connectivity index (χ1n) is 8.68. The van der Waals surface area contributed by atoms with Gasteiger partial charge in [-0.25, -0.2) is 4.98 Å². The van der Waals surface area contributed by atoms with Crippen molar-refractivity contribution in [2.75, 3.05) is 13.7 Å². The van der Waals surface area contributed by atoms with Gasteiger partial charge in [0.05, 0.1) is 12.8 Å². The second kappa shape index (κ2) is 7.63. The Labute approximate surface area is 161 Å². The number of carbonyl (C=O) groups is 1. The van der Waals surface area contributed by atoms with E-state index < -0.39 is 0 Å². The predicted octanol–water partition coefficient (Wildman–Crippen LogP) is 4.04. The Morgan fingerprint density at radius 3 is 2.85 bits per heavy atom. The Kier molecular flexibility index (Phi) is 4.89. The van der Waals surface area contributed by atoms with Crippen molar-refractivity contribution in [3.05, 3.63) is 77.4 Å². The lowest BCUT2D eigenvalue weighted by Crippen LogP contribution is -2.26. The summed E-state index contributed by atoms with van der Waals surface area (Å²) in [7, 11) is 1.65. The second-order valence-corrected chi connectivity index (χ2v) is 6.96. The maximum Gasteiger partial charge on any atom is 0.269 e. The quantitative estimate of drug-likeness (QED) is 0.552. The highest BCUT2D eigenvalue weighted by Crippen LogP contribution is 2.23. The molecule has 0 aliphatic rings. The molecule has 0 fully saturated rings. The fourth-order valence-corrected chi connectivity index (χ4v) is 3.79. The normalized spacial score (nSPS) is 10.9. The number of benzene rings is 2. The van der Waals surface area contributed by atoms with Gasteiger partial charge in [-0.15, -0.1) is 11.3 Å². The van der Waals surface area contributed by atoms with Gasteiger partial charge >= 0.3 is 0 Å². The van der Waals surface area contributed by atoms with Crippen molar-refractivity contribution in [1.82, 2.24) is 14.7 Å². The van der Waals surface area contributed by atoms with E-state index in [1.807, 2.05) is 70.6 Å². The van der Waals surface area contributed by atoms with Gasteiger partial charge in [-0.3, -0.25) is 9.20 Å². The zero-order valence-corrected chi connectivity index (χ0v) is 15.7. The van der Waals surface area contributed by atoms with Crippen LogP contribution in [0.1, 0.15) is 16.1 Å². The van der Waals surface area contributed by atoms with E-state index in [1.54, 1.807) is 7.11 Å². The number of nitrogens with one attached hydrogen (secondary N) is 1. The van der Waals surface area contributed by atoms with E-state index in [0.29, 0.717) is 12.2 Å². The first-order chi connectivity index (χ1) is 13.2. The minimum absolute atomic E-state index is 0.0962. The van der Waals surface area contributed by atoms with E-state index in [-0.39, 0.29) is 5.91 Å². The van der Waals surface area contributed by atoms with Crippen LogP contribution >= 0.6 is 11.3 Å². The van der Waals surface area contributed by atoms with E-state index in [4.69, 9.17) is 4.74 Å². The molecule has 0 aliphatic carbocycles. The Hall–Kier alpha value is -3.12. The third-order valence-electron chi connectivity index (χ3n) is 4.34. The van der Waals surface area contributed by atoms with Crippen LogP contribution in [0.2, 0.25) is 0 Å². The predicted molar refractivity (Wildman–Crippen MR) is 108 cm³/mol. The molecule has 27 heavy (non-hydrogen) atoms. The number of fused-ring (bicyclic) bond motifs is 1. The van der Waals surface area contributed by atoms with Gasteiger partial charge in [0.2, 0.25) is 0 Å². The molecule has 0 aliphatic heterocycles. The van der Waals surface area contributed by atoms with Gasteiger partial charge in [0.25, 0.3) is 5.91 Å². The van der Waals surface area contributed by atoms with Crippen LogP contribution in [0, 0.1) is 0 Å². The lowest BCUT2D eigenvalue weighted by atomic mass is 10.1. The monoisotopic (exact) mass is 377 g/mol. The van der Waals surface area contributed by atoms with Crippen molar-refractivity contribution < 1.29 is 9.53 Å². The van der Waals surface area contributed by atoms with Crippen molar-refractivity contribution in [3.63, 3.8) is 0 Å². The molecule has 0 radical (unpaired) electrons. The van der Waals surface area contributed by atoms with E-state index in [1.165, 1.54) is 11.3 Å². The minimum atomic E-state index is -0.0962. The highest BCUT2D eigenvalue weighted by Gasteiger charge is 2.14. The number of ether oxygens (including phenoxy) is 1. The molecule has 4 aromatic rings. The van der Waals surface area contributed by atoms with E-state index in [2.05, 4.69) is 10.3 Å². The molecule has 5 nitrogen and oxygen atoms in total. The standard InChI is InChI=1S/C21H19N3O2S/c1-26-17-9-5-6-15(12-17)10-11-22-20(25)19-14-27-21-23-18(13-24(19)21)16-7-3-2-4-8-16/h2-9,12-14H,10-11H2,1H3,(H,22,25). The van der Waals surface area contributed by atoms with Gasteiger partial charge in [-0.2, -0.15) is 0 Å². The van der Waals surface area contributed by atoms with Crippen LogP contribution < -0.4 is 10.1 Å². The third-order valence-corrected chi connectivity index (χ3v) is 5.18. The minimum Gasteiger partial charge on any atom is -0.497 e. The molecule has 0 atom stereocenters.